The Morgan fingerprint density at radius 2 is 2.11 bits per heavy atom. The smallest absolute Gasteiger partial charge is 0.410 e. The Morgan fingerprint density at radius 3 is 2.78 bits per heavy atom. The molecule has 2 aliphatic heterocycles. The lowest BCUT2D eigenvalue weighted by molar-refractivity contribution is -0.139. The number of likely N-dealkylation sites (N-methyl/N-ethyl adjacent to an activating group) is 1. The van der Waals surface area contributed by atoms with Gasteiger partial charge in [0.05, 0.1) is 18.8 Å². The molecule has 2 amide bonds. The largest absolute Gasteiger partial charge is 0.484 e. The summed E-state index contributed by atoms with van der Waals surface area (Å²) in [4.78, 5) is 27.5. The molecule has 27 heavy (non-hydrogen) atoms. The van der Waals surface area contributed by atoms with Gasteiger partial charge in [0.15, 0.2) is 6.61 Å². The van der Waals surface area contributed by atoms with Gasteiger partial charge in [-0.2, -0.15) is 0 Å². The van der Waals surface area contributed by atoms with E-state index >= 15 is 0 Å². The minimum Gasteiger partial charge on any atom is -0.484 e. The number of amides is 2. The molecule has 10 heteroatoms. The summed E-state index contributed by atoms with van der Waals surface area (Å²) in [6.07, 6.45) is 2.74. The number of likely N-dealkylation sites (tertiary alicyclic amines) is 1. The number of hydrogen-bond donors (Lipinski definition) is 0. The molecule has 1 aromatic carbocycles. The van der Waals surface area contributed by atoms with Crippen molar-refractivity contribution in [3.8, 4) is 11.4 Å². The van der Waals surface area contributed by atoms with Crippen LogP contribution in [0.4, 0.5) is 4.79 Å². The number of nitrogens with zero attached hydrogens (tertiary/aromatic N) is 6. The topological polar surface area (TPSA) is 103 Å². The lowest BCUT2D eigenvalue weighted by atomic mass is 9.93. The Hall–Kier alpha value is -3.17. The molecule has 3 heterocycles. The zero-order chi connectivity index (χ0) is 18.9. The molecule has 0 radical (unpaired) electrons. The van der Waals surface area contributed by atoms with Crippen molar-refractivity contribution in [3.05, 3.63) is 30.6 Å². The van der Waals surface area contributed by atoms with Crippen LogP contribution in [-0.2, 0) is 9.53 Å². The summed E-state index contributed by atoms with van der Waals surface area (Å²) in [5.74, 6) is 0.461. The summed E-state index contributed by atoms with van der Waals surface area (Å²) in [6, 6.07) is 7.13. The number of aromatic nitrogens is 4. The molecule has 142 valence electrons. The normalized spacial score (nSPS) is 22.2. The van der Waals surface area contributed by atoms with E-state index in [0.717, 1.165) is 18.5 Å². The van der Waals surface area contributed by atoms with Crippen molar-refractivity contribution in [3.63, 3.8) is 0 Å². The zero-order valence-electron chi connectivity index (χ0n) is 14.9. The number of benzene rings is 1. The van der Waals surface area contributed by atoms with Gasteiger partial charge in [-0.25, -0.2) is 9.48 Å². The van der Waals surface area contributed by atoms with Crippen LogP contribution in [0.1, 0.15) is 12.8 Å². The van der Waals surface area contributed by atoms with Gasteiger partial charge in [0.1, 0.15) is 17.7 Å². The molecule has 1 atom stereocenters. The van der Waals surface area contributed by atoms with Crippen LogP contribution in [0, 0.1) is 0 Å². The lowest BCUT2D eigenvalue weighted by Gasteiger charge is -2.38. The molecule has 1 spiro atoms. The maximum Gasteiger partial charge on any atom is 0.410 e. The minimum absolute atomic E-state index is 0.0654. The second-order valence-corrected chi connectivity index (χ2v) is 6.86. The summed E-state index contributed by atoms with van der Waals surface area (Å²) in [5.41, 5.74) is 0.205. The number of rotatable bonds is 4. The molecule has 10 nitrogen and oxygen atoms in total. The minimum atomic E-state index is -0.590. The molecular weight excluding hydrogens is 352 g/mol. The highest BCUT2D eigenvalue weighted by Crippen LogP contribution is 2.31. The Kier molecular flexibility index (Phi) is 4.38. The first kappa shape index (κ1) is 17.3. The fourth-order valence-corrected chi connectivity index (χ4v) is 3.53. The highest BCUT2D eigenvalue weighted by Gasteiger charge is 2.47. The van der Waals surface area contributed by atoms with Crippen molar-refractivity contribution in [2.75, 3.05) is 33.3 Å². The van der Waals surface area contributed by atoms with Crippen molar-refractivity contribution in [1.29, 1.82) is 0 Å². The van der Waals surface area contributed by atoms with Gasteiger partial charge in [0.2, 0.25) is 0 Å². The second-order valence-electron chi connectivity index (χ2n) is 6.86. The third-order valence-corrected chi connectivity index (χ3v) is 4.85. The van der Waals surface area contributed by atoms with E-state index in [4.69, 9.17) is 9.47 Å². The van der Waals surface area contributed by atoms with Gasteiger partial charge in [0, 0.05) is 13.6 Å². The van der Waals surface area contributed by atoms with Crippen LogP contribution >= 0.6 is 0 Å². The quantitative estimate of drug-likeness (QED) is 0.769. The third kappa shape index (κ3) is 3.55. The summed E-state index contributed by atoms with van der Waals surface area (Å²) in [7, 11) is 1.71. The summed E-state index contributed by atoms with van der Waals surface area (Å²) in [5, 5.41) is 11.0. The number of carbonyl (C=O) groups excluding carboxylic acids is 2. The van der Waals surface area contributed by atoms with Gasteiger partial charge in [-0.1, -0.05) is 0 Å². The molecule has 1 aromatic heterocycles. The van der Waals surface area contributed by atoms with E-state index in [1.165, 1.54) is 11.0 Å². The first-order valence-electron chi connectivity index (χ1n) is 8.73. The van der Waals surface area contributed by atoms with Crippen LogP contribution < -0.4 is 4.74 Å². The van der Waals surface area contributed by atoms with E-state index in [1.807, 2.05) is 0 Å². The third-order valence-electron chi connectivity index (χ3n) is 4.85. The van der Waals surface area contributed by atoms with Crippen molar-refractivity contribution in [2.24, 2.45) is 0 Å². The molecule has 2 aromatic rings. The maximum atomic E-state index is 12.5. The number of tetrazole rings is 1. The van der Waals surface area contributed by atoms with Gasteiger partial charge in [-0.3, -0.25) is 4.79 Å². The number of hydrogen-bond acceptors (Lipinski definition) is 7. The van der Waals surface area contributed by atoms with E-state index < -0.39 is 5.60 Å². The van der Waals surface area contributed by atoms with Crippen LogP contribution in [0.25, 0.3) is 5.69 Å². The fraction of sp³-hybridized carbons (Fsp3) is 0.471. The Balaban J connectivity index is 1.33. The predicted octanol–water partition coefficient (Wildman–Crippen LogP) is 0.484. The SMILES string of the molecule is CN1C[C@@]2(CCCN(C(=O)COc3ccc(-n4cnnn4)cc3)C2)OC1=O. The number of carbonyl (C=O) groups is 2. The highest BCUT2D eigenvalue weighted by atomic mass is 16.6. The fourth-order valence-electron chi connectivity index (χ4n) is 3.53. The Labute approximate surface area is 155 Å². The number of ether oxygens (including phenoxy) is 2. The molecule has 0 N–H and O–H groups in total. The summed E-state index contributed by atoms with van der Waals surface area (Å²) < 4.78 is 12.7. The second kappa shape index (κ2) is 6.86. The maximum absolute atomic E-state index is 12.5. The monoisotopic (exact) mass is 372 g/mol. The number of piperidine rings is 1. The van der Waals surface area contributed by atoms with E-state index in [9.17, 15) is 9.59 Å². The van der Waals surface area contributed by atoms with E-state index in [2.05, 4.69) is 15.5 Å². The molecule has 0 bridgehead atoms. The van der Waals surface area contributed by atoms with E-state index in [1.54, 1.807) is 41.1 Å². The van der Waals surface area contributed by atoms with E-state index in [0.29, 0.717) is 25.4 Å². The van der Waals surface area contributed by atoms with Crippen LogP contribution in [0.15, 0.2) is 30.6 Å². The van der Waals surface area contributed by atoms with Crippen LogP contribution in [0.3, 0.4) is 0 Å². The van der Waals surface area contributed by atoms with Crippen LogP contribution in [0.5, 0.6) is 5.75 Å². The lowest BCUT2D eigenvalue weighted by Crippen LogP contribution is -2.53. The molecule has 4 rings (SSSR count). The van der Waals surface area contributed by atoms with Gasteiger partial charge in [0.25, 0.3) is 5.91 Å². The molecule has 2 aliphatic rings. The molecule has 2 fully saturated rings. The molecule has 0 saturated carbocycles. The average molecular weight is 372 g/mol. The first-order valence-corrected chi connectivity index (χ1v) is 8.73. The standard InChI is InChI=1S/C17H20N6O4/c1-21-10-17(27-16(21)25)7-2-8-22(11-17)15(24)9-26-14-5-3-13(4-6-14)23-12-18-19-20-23/h3-6,12H,2,7-11H2,1H3/t17-/m1/s1. The summed E-state index contributed by atoms with van der Waals surface area (Å²) in [6.45, 7) is 1.49. The Bertz CT molecular complexity index is 824. The van der Waals surface area contributed by atoms with Crippen molar-refractivity contribution < 1.29 is 19.1 Å². The molecular formula is C17H20N6O4. The van der Waals surface area contributed by atoms with E-state index in [-0.39, 0.29) is 18.6 Å². The first-order chi connectivity index (χ1) is 13.0. The molecule has 0 aliphatic carbocycles. The molecule has 2 saturated heterocycles. The van der Waals surface area contributed by atoms with Gasteiger partial charge < -0.3 is 19.3 Å². The predicted molar refractivity (Wildman–Crippen MR) is 92.3 cm³/mol. The average Bonchev–Trinajstić information content (AvgIpc) is 3.29. The van der Waals surface area contributed by atoms with Crippen molar-refractivity contribution in [2.45, 2.75) is 18.4 Å². The van der Waals surface area contributed by atoms with Crippen LogP contribution in [-0.4, -0.2) is 80.9 Å². The van der Waals surface area contributed by atoms with Crippen molar-refractivity contribution >= 4 is 12.0 Å². The Morgan fingerprint density at radius 1 is 1.30 bits per heavy atom. The van der Waals surface area contributed by atoms with Gasteiger partial charge >= 0.3 is 6.09 Å². The van der Waals surface area contributed by atoms with Crippen molar-refractivity contribution in [1.82, 2.24) is 30.0 Å². The highest BCUT2D eigenvalue weighted by molar-refractivity contribution is 5.78. The van der Waals surface area contributed by atoms with Gasteiger partial charge in [-0.15, -0.1) is 5.10 Å². The van der Waals surface area contributed by atoms with Gasteiger partial charge in [-0.05, 0) is 47.5 Å². The molecule has 0 unspecified atom stereocenters. The zero-order valence-corrected chi connectivity index (χ0v) is 14.9. The van der Waals surface area contributed by atoms with Crippen LogP contribution in [0.2, 0.25) is 0 Å². The summed E-state index contributed by atoms with van der Waals surface area (Å²) >= 11 is 0.